The quantitative estimate of drug-likeness (QED) is 0.528. The molecule has 2 atom stereocenters. The summed E-state index contributed by atoms with van der Waals surface area (Å²) in [4.78, 5) is 29.1. The average Bonchev–Trinajstić information content (AvgIpc) is 3.28. The minimum absolute atomic E-state index is 0.165. The van der Waals surface area contributed by atoms with Gasteiger partial charge in [-0.2, -0.15) is 0 Å². The van der Waals surface area contributed by atoms with Crippen LogP contribution in [0.25, 0.3) is 10.6 Å². The molecule has 0 aliphatic heterocycles. The summed E-state index contributed by atoms with van der Waals surface area (Å²) < 4.78 is 5.32. The van der Waals surface area contributed by atoms with Crippen molar-refractivity contribution in [3.63, 3.8) is 0 Å². The molecule has 0 saturated heterocycles. The number of amides is 1. The number of aromatic nitrogens is 1. The number of ether oxygens (including phenoxy) is 1. The number of hydrogen-bond donors (Lipinski definition) is 1. The van der Waals surface area contributed by atoms with E-state index >= 15 is 0 Å². The molecule has 0 aliphatic rings. The maximum absolute atomic E-state index is 12.4. The maximum atomic E-state index is 12.4. The van der Waals surface area contributed by atoms with Crippen LogP contribution in [0.4, 0.5) is 0 Å². The van der Waals surface area contributed by atoms with Crippen molar-refractivity contribution >= 4 is 23.2 Å². The van der Waals surface area contributed by atoms with Crippen LogP contribution in [0.5, 0.6) is 0 Å². The highest BCUT2D eigenvalue weighted by atomic mass is 32.1. The van der Waals surface area contributed by atoms with Crippen LogP contribution in [-0.4, -0.2) is 29.5 Å². The predicted molar refractivity (Wildman–Crippen MR) is 120 cm³/mol. The number of esters is 1. The van der Waals surface area contributed by atoms with Gasteiger partial charge in [0.25, 0.3) is 5.91 Å². The molecule has 0 spiro atoms. The zero-order valence-corrected chi connectivity index (χ0v) is 18.2. The first-order valence-electron chi connectivity index (χ1n) is 10.1. The molecule has 1 N–H and O–H groups in total. The van der Waals surface area contributed by atoms with Crippen LogP contribution in [0, 0.1) is 0 Å². The molecule has 0 aliphatic carbocycles. The zero-order valence-electron chi connectivity index (χ0n) is 17.4. The van der Waals surface area contributed by atoms with Crippen molar-refractivity contribution in [2.45, 2.75) is 39.2 Å². The number of hydrogen-bond acceptors (Lipinski definition) is 5. The molecule has 1 heterocycles. The summed E-state index contributed by atoms with van der Waals surface area (Å²) in [7, 11) is 0. The van der Waals surface area contributed by atoms with Crippen molar-refractivity contribution in [2.24, 2.45) is 0 Å². The molecule has 0 saturated carbocycles. The highest BCUT2D eigenvalue weighted by Crippen LogP contribution is 2.24. The fourth-order valence-corrected chi connectivity index (χ4v) is 3.75. The Hall–Kier alpha value is -2.99. The van der Waals surface area contributed by atoms with E-state index in [4.69, 9.17) is 4.74 Å². The standard InChI is InChI=1S/C24H26N2O3S/c1-4-18-10-12-20(13-11-18)23-26-21(15-30-23)24(28)29-17(3)22(27)25-14-16(2)19-8-6-5-7-9-19/h5-13,15-17H,4,14H2,1-3H3,(H,25,27)/t16-,17+/m1/s1. The molecular weight excluding hydrogens is 396 g/mol. The molecule has 1 amide bonds. The fraction of sp³-hybridized carbons (Fsp3) is 0.292. The Kier molecular flexibility index (Phi) is 7.36. The van der Waals surface area contributed by atoms with Gasteiger partial charge < -0.3 is 10.1 Å². The minimum atomic E-state index is -0.894. The Balaban J connectivity index is 1.53. The first kappa shape index (κ1) is 21.7. The van der Waals surface area contributed by atoms with Crippen LogP contribution >= 0.6 is 11.3 Å². The minimum Gasteiger partial charge on any atom is -0.448 e. The summed E-state index contributed by atoms with van der Waals surface area (Å²) in [6.45, 7) is 6.18. The third-order valence-corrected chi connectivity index (χ3v) is 5.82. The summed E-state index contributed by atoms with van der Waals surface area (Å²) in [5.41, 5.74) is 3.56. The smallest absolute Gasteiger partial charge is 0.358 e. The van der Waals surface area contributed by atoms with E-state index in [-0.39, 0.29) is 17.5 Å². The van der Waals surface area contributed by atoms with Gasteiger partial charge in [0.2, 0.25) is 0 Å². The highest BCUT2D eigenvalue weighted by molar-refractivity contribution is 7.13. The summed E-state index contributed by atoms with van der Waals surface area (Å²) in [5.74, 6) is -0.753. The van der Waals surface area contributed by atoms with Crippen LogP contribution in [-0.2, 0) is 16.0 Å². The summed E-state index contributed by atoms with van der Waals surface area (Å²) >= 11 is 1.38. The third-order valence-electron chi connectivity index (χ3n) is 4.93. The number of nitrogens with zero attached hydrogens (tertiary/aromatic N) is 1. The summed E-state index contributed by atoms with van der Waals surface area (Å²) in [6, 6.07) is 18.0. The molecule has 0 radical (unpaired) electrons. The van der Waals surface area contributed by atoms with Gasteiger partial charge in [-0.25, -0.2) is 9.78 Å². The molecule has 30 heavy (non-hydrogen) atoms. The van der Waals surface area contributed by atoms with E-state index in [0.717, 1.165) is 22.6 Å². The second-order valence-corrected chi connectivity index (χ2v) is 8.05. The van der Waals surface area contributed by atoms with Crippen LogP contribution < -0.4 is 5.32 Å². The van der Waals surface area contributed by atoms with Crippen molar-refractivity contribution in [1.29, 1.82) is 0 Å². The molecule has 3 aromatic rings. The van der Waals surface area contributed by atoms with Crippen molar-refractivity contribution in [2.75, 3.05) is 6.54 Å². The lowest BCUT2D eigenvalue weighted by atomic mass is 10.0. The molecular formula is C24H26N2O3S. The molecule has 3 rings (SSSR count). The van der Waals surface area contributed by atoms with Crippen LogP contribution in [0.3, 0.4) is 0 Å². The van der Waals surface area contributed by atoms with Gasteiger partial charge in [0.05, 0.1) is 0 Å². The number of nitrogens with one attached hydrogen (secondary N) is 1. The first-order valence-corrected chi connectivity index (χ1v) is 10.9. The predicted octanol–water partition coefficient (Wildman–Crippen LogP) is 4.84. The van der Waals surface area contributed by atoms with Crippen LogP contribution in [0.15, 0.2) is 60.0 Å². The SMILES string of the molecule is CCc1ccc(-c2nc(C(=O)O[C@@H](C)C(=O)NC[C@@H](C)c3ccccc3)cs2)cc1. The topological polar surface area (TPSA) is 68.3 Å². The Morgan fingerprint density at radius 1 is 1.07 bits per heavy atom. The number of carbonyl (C=O) groups is 2. The molecule has 5 nitrogen and oxygen atoms in total. The molecule has 0 bridgehead atoms. The zero-order chi connectivity index (χ0) is 21.5. The second kappa shape index (κ2) is 10.2. The number of aryl methyl sites for hydroxylation is 1. The second-order valence-electron chi connectivity index (χ2n) is 7.19. The van der Waals surface area contributed by atoms with Crippen molar-refractivity contribution in [3.05, 3.63) is 76.8 Å². The van der Waals surface area contributed by atoms with Gasteiger partial charge in [-0.1, -0.05) is 68.4 Å². The first-order chi connectivity index (χ1) is 14.5. The number of carbonyl (C=O) groups excluding carboxylic acids is 2. The van der Waals surface area contributed by atoms with Gasteiger partial charge >= 0.3 is 5.97 Å². The van der Waals surface area contributed by atoms with E-state index in [2.05, 4.69) is 29.4 Å². The van der Waals surface area contributed by atoms with Crippen LogP contribution in [0.2, 0.25) is 0 Å². The lowest BCUT2D eigenvalue weighted by Gasteiger charge is -2.16. The van der Waals surface area contributed by atoms with E-state index in [0.29, 0.717) is 6.54 Å². The lowest BCUT2D eigenvalue weighted by Crippen LogP contribution is -2.37. The van der Waals surface area contributed by atoms with Crippen molar-refractivity contribution < 1.29 is 14.3 Å². The Labute approximate surface area is 181 Å². The van der Waals surface area contributed by atoms with Gasteiger partial charge in [0.1, 0.15) is 5.01 Å². The van der Waals surface area contributed by atoms with Crippen molar-refractivity contribution in [3.8, 4) is 10.6 Å². The Morgan fingerprint density at radius 3 is 2.43 bits per heavy atom. The van der Waals surface area contributed by atoms with E-state index < -0.39 is 12.1 Å². The van der Waals surface area contributed by atoms with Crippen molar-refractivity contribution in [1.82, 2.24) is 10.3 Å². The summed E-state index contributed by atoms with van der Waals surface area (Å²) in [6.07, 6.45) is 0.0780. The normalized spacial score (nSPS) is 12.8. The summed E-state index contributed by atoms with van der Waals surface area (Å²) in [5, 5.41) is 5.25. The molecule has 0 unspecified atom stereocenters. The third kappa shape index (κ3) is 5.54. The average molecular weight is 423 g/mol. The molecule has 0 fully saturated rings. The maximum Gasteiger partial charge on any atom is 0.358 e. The lowest BCUT2D eigenvalue weighted by molar-refractivity contribution is -0.129. The van der Waals surface area contributed by atoms with Gasteiger partial charge in [-0.05, 0) is 30.4 Å². The van der Waals surface area contributed by atoms with Gasteiger partial charge in [0.15, 0.2) is 11.8 Å². The molecule has 6 heteroatoms. The van der Waals surface area contributed by atoms with E-state index in [1.54, 1.807) is 12.3 Å². The Morgan fingerprint density at radius 2 is 1.77 bits per heavy atom. The fourth-order valence-electron chi connectivity index (χ4n) is 2.95. The number of rotatable bonds is 8. The van der Waals surface area contributed by atoms with E-state index in [1.807, 2.05) is 49.4 Å². The molecule has 1 aromatic heterocycles. The van der Waals surface area contributed by atoms with E-state index in [1.165, 1.54) is 16.9 Å². The number of benzene rings is 2. The van der Waals surface area contributed by atoms with Crippen LogP contribution in [0.1, 0.15) is 48.3 Å². The van der Waals surface area contributed by atoms with Gasteiger partial charge in [0, 0.05) is 17.5 Å². The Bertz CT molecular complexity index is 983. The monoisotopic (exact) mass is 422 g/mol. The largest absolute Gasteiger partial charge is 0.448 e. The van der Waals surface area contributed by atoms with Gasteiger partial charge in [-0.15, -0.1) is 11.3 Å². The highest BCUT2D eigenvalue weighted by Gasteiger charge is 2.21. The molecule has 2 aromatic carbocycles. The number of thiazole rings is 1. The van der Waals surface area contributed by atoms with Gasteiger partial charge in [-0.3, -0.25) is 4.79 Å². The molecule has 156 valence electrons. The van der Waals surface area contributed by atoms with E-state index in [9.17, 15) is 9.59 Å².